The summed E-state index contributed by atoms with van der Waals surface area (Å²) in [6.07, 6.45) is 13.8. The molecule has 38 heavy (non-hydrogen) atoms. The number of amidine groups is 1. The third-order valence-electron chi connectivity index (χ3n) is 7.53. The number of nitrogens with zero attached hydrogens (tertiary/aromatic N) is 2. The predicted octanol–water partition coefficient (Wildman–Crippen LogP) is 8.36. The summed E-state index contributed by atoms with van der Waals surface area (Å²) in [6, 6.07) is 14.6. The molecule has 5 nitrogen and oxygen atoms in total. The van der Waals surface area contributed by atoms with Crippen LogP contribution in [0.4, 0.5) is 0 Å². The second kappa shape index (κ2) is 13.2. The van der Waals surface area contributed by atoms with E-state index in [-0.39, 0.29) is 11.9 Å². The molecule has 2 saturated carbocycles. The molecule has 5 rings (SSSR count). The minimum Gasteiger partial charge on any atom is -0.490 e. The maximum atomic E-state index is 13.8. The molecule has 0 unspecified atom stereocenters. The first-order chi connectivity index (χ1) is 18.6. The number of hydrogen-bond acceptors (Lipinski definition) is 5. The van der Waals surface area contributed by atoms with E-state index in [2.05, 4.69) is 15.9 Å². The molecule has 3 fully saturated rings. The highest BCUT2D eigenvalue weighted by Crippen LogP contribution is 2.41. The lowest BCUT2D eigenvalue weighted by atomic mass is 9.94. The number of aliphatic imine (C=N–C) groups is 1. The van der Waals surface area contributed by atoms with Gasteiger partial charge in [0.15, 0.2) is 16.7 Å². The Morgan fingerprint density at radius 1 is 0.974 bits per heavy atom. The summed E-state index contributed by atoms with van der Waals surface area (Å²) in [6.45, 7) is 2.95. The Morgan fingerprint density at radius 3 is 2.37 bits per heavy atom. The second-order valence-electron chi connectivity index (χ2n) is 10.3. The van der Waals surface area contributed by atoms with Crippen molar-refractivity contribution in [1.29, 1.82) is 0 Å². The topological polar surface area (TPSA) is 51.1 Å². The monoisotopic (exact) mass is 596 g/mol. The van der Waals surface area contributed by atoms with Gasteiger partial charge in [0, 0.05) is 10.5 Å². The van der Waals surface area contributed by atoms with Gasteiger partial charge in [0.2, 0.25) is 0 Å². The minimum atomic E-state index is 0.0886. The Kier molecular flexibility index (Phi) is 9.49. The fourth-order valence-corrected chi connectivity index (χ4v) is 7.06. The van der Waals surface area contributed by atoms with Crippen molar-refractivity contribution in [2.75, 3.05) is 6.61 Å². The Morgan fingerprint density at radius 2 is 1.66 bits per heavy atom. The number of halogens is 1. The lowest BCUT2D eigenvalue weighted by Gasteiger charge is -2.31. The lowest BCUT2D eigenvalue weighted by Crippen LogP contribution is -2.41. The smallest absolute Gasteiger partial charge is 0.267 e. The van der Waals surface area contributed by atoms with E-state index in [1.54, 1.807) is 11.8 Å². The van der Waals surface area contributed by atoms with Crippen molar-refractivity contribution in [2.24, 2.45) is 4.99 Å². The maximum absolute atomic E-state index is 13.8. The van der Waals surface area contributed by atoms with Crippen LogP contribution in [0, 0.1) is 0 Å². The van der Waals surface area contributed by atoms with Crippen LogP contribution in [0.1, 0.15) is 82.3 Å². The standard InChI is InChI=1S/C31H37BrN2O3S/c1-2-36-27-18-23(26(32)20-28(27)37-21-22-12-6-3-7-13-22)19-29-30(35)34(25-16-10-5-11-17-25)31(38-29)33-24-14-8-4-9-15-24/h3,6-7,12-13,18-20,24-25H,2,4-5,8-11,14-17,21H2,1H3. The van der Waals surface area contributed by atoms with Gasteiger partial charge in [-0.25, -0.2) is 0 Å². The second-order valence-corrected chi connectivity index (χ2v) is 12.2. The van der Waals surface area contributed by atoms with Gasteiger partial charge >= 0.3 is 0 Å². The van der Waals surface area contributed by atoms with Gasteiger partial charge in [-0.15, -0.1) is 0 Å². The van der Waals surface area contributed by atoms with E-state index < -0.39 is 0 Å². The number of rotatable bonds is 8. The summed E-state index contributed by atoms with van der Waals surface area (Å²) < 4.78 is 12.9. The lowest BCUT2D eigenvalue weighted by molar-refractivity contribution is -0.124. The van der Waals surface area contributed by atoms with Gasteiger partial charge in [-0.2, -0.15) is 0 Å². The van der Waals surface area contributed by atoms with Gasteiger partial charge in [0.1, 0.15) is 6.61 Å². The zero-order valence-electron chi connectivity index (χ0n) is 22.2. The van der Waals surface area contributed by atoms with Crippen LogP contribution in [0.15, 0.2) is 56.8 Å². The van der Waals surface area contributed by atoms with E-state index in [9.17, 15) is 4.79 Å². The Bertz CT molecular complexity index is 1170. The predicted molar refractivity (Wildman–Crippen MR) is 160 cm³/mol. The summed E-state index contributed by atoms with van der Waals surface area (Å²) in [5, 5.41) is 0.906. The maximum Gasteiger partial charge on any atom is 0.267 e. The van der Waals surface area contributed by atoms with Crippen LogP contribution in [-0.2, 0) is 11.4 Å². The van der Waals surface area contributed by atoms with Crippen molar-refractivity contribution in [3.8, 4) is 11.5 Å². The first-order valence-electron chi connectivity index (χ1n) is 14.1. The van der Waals surface area contributed by atoms with Gasteiger partial charge in [-0.05, 0) is 73.7 Å². The summed E-state index contributed by atoms with van der Waals surface area (Å²) >= 11 is 5.27. The number of hydrogen-bond donors (Lipinski definition) is 0. The molecular formula is C31H37BrN2O3S. The number of carbonyl (C=O) groups is 1. The highest BCUT2D eigenvalue weighted by atomic mass is 79.9. The molecule has 1 aliphatic heterocycles. The van der Waals surface area contributed by atoms with Crippen LogP contribution in [0.25, 0.3) is 6.08 Å². The summed E-state index contributed by atoms with van der Waals surface area (Å²) in [4.78, 5) is 21.7. The highest BCUT2D eigenvalue weighted by Gasteiger charge is 2.39. The normalized spacial score (nSPS) is 21.4. The average molecular weight is 598 g/mol. The van der Waals surface area contributed by atoms with Crippen molar-refractivity contribution in [3.63, 3.8) is 0 Å². The van der Waals surface area contributed by atoms with Crippen LogP contribution >= 0.6 is 27.7 Å². The highest BCUT2D eigenvalue weighted by molar-refractivity contribution is 9.10. The van der Waals surface area contributed by atoms with E-state index >= 15 is 0 Å². The van der Waals surface area contributed by atoms with Crippen LogP contribution < -0.4 is 9.47 Å². The third kappa shape index (κ3) is 6.66. The van der Waals surface area contributed by atoms with E-state index in [1.807, 2.05) is 60.4 Å². The molecule has 1 amide bonds. The first-order valence-corrected chi connectivity index (χ1v) is 15.7. The number of carbonyl (C=O) groups excluding carboxylic acids is 1. The number of thioether (sulfide) groups is 1. The van der Waals surface area contributed by atoms with Crippen LogP contribution in [0.5, 0.6) is 11.5 Å². The van der Waals surface area contributed by atoms with Crippen molar-refractivity contribution < 1.29 is 14.3 Å². The van der Waals surface area contributed by atoms with Gasteiger partial charge < -0.3 is 9.47 Å². The fraction of sp³-hybridized carbons (Fsp3) is 0.484. The van der Waals surface area contributed by atoms with E-state index in [4.69, 9.17) is 14.5 Å². The largest absolute Gasteiger partial charge is 0.490 e. The molecule has 0 aromatic heterocycles. The number of benzene rings is 2. The molecule has 0 spiro atoms. The summed E-state index contributed by atoms with van der Waals surface area (Å²) in [5.41, 5.74) is 2.00. The van der Waals surface area contributed by atoms with Gasteiger partial charge in [0.05, 0.1) is 17.6 Å². The fourth-order valence-electron chi connectivity index (χ4n) is 5.52. The SMILES string of the molecule is CCOc1cc(C=C2SC(=NC3CCCCC3)N(C3CCCCC3)C2=O)c(Br)cc1OCc1ccccc1. The van der Waals surface area contributed by atoms with E-state index in [1.165, 1.54) is 38.5 Å². The van der Waals surface area contributed by atoms with Crippen molar-refractivity contribution in [2.45, 2.75) is 89.8 Å². The van der Waals surface area contributed by atoms with Crippen LogP contribution in [0.2, 0.25) is 0 Å². The molecule has 2 aliphatic carbocycles. The van der Waals surface area contributed by atoms with Gasteiger partial charge in [-0.1, -0.05) is 84.8 Å². The zero-order chi connectivity index (χ0) is 26.3. The molecule has 3 aliphatic rings. The Labute approximate surface area is 239 Å². The molecular weight excluding hydrogens is 560 g/mol. The Balaban J connectivity index is 1.42. The first kappa shape index (κ1) is 27.3. The Hall–Kier alpha value is -2.25. The molecule has 0 radical (unpaired) electrons. The average Bonchev–Trinajstić information content (AvgIpc) is 3.25. The molecule has 0 atom stereocenters. The zero-order valence-corrected chi connectivity index (χ0v) is 24.6. The van der Waals surface area contributed by atoms with Gasteiger partial charge in [0.25, 0.3) is 5.91 Å². The molecule has 2 aromatic carbocycles. The van der Waals surface area contributed by atoms with Crippen LogP contribution in [-0.4, -0.2) is 34.7 Å². The van der Waals surface area contributed by atoms with Crippen LogP contribution in [0.3, 0.4) is 0 Å². The van der Waals surface area contributed by atoms with Crippen molar-refractivity contribution in [1.82, 2.24) is 4.90 Å². The molecule has 202 valence electrons. The van der Waals surface area contributed by atoms with E-state index in [0.717, 1.165) is 51.4 Å². The molecule has 1 heterocycles. The molecule has 7 heteroatoms. The number of ether oxygens (including phenoxy) is 2. The summed E-state index contributed by atoms with van der Waals surface area (Å²) in [7, 11) is 0. The van der Waals surface area contributed by atoms with Crippen molar-refractivity contribution >= 4 is 44.8 Å². The van der Waals surface area contributed by atoms with Crippen molar-refractivity contribution in [3.05, 3.63) is 63.0 Å². The van der Waals surface area contributed by atoms with E-state index in [0.29, 0.717) is 30.8 Å². The van der Waals surface area contributed by atoms with Gasteiger partial charge in [-0.3, -0.25) is 14.7 Å². The quantitative estimate of drug-likeness (QED) is 0.287. The molecule has 1 saturated heterocycles. The molecule has 2 aromatic rings. The molecule has 0 bridgehead atoms. The third-order valence-corrected chi connectivity index (χ3v) is 9.21. The summed E-state index contributed by atoms with van der Waals surface area (Å²) in [5.74, 6) is 1.44. The minimum absolute atomic E-state index is 0.0886. The molecule has 0 N–H and O–H groups in total. The number of amides is 1.